The van der Waals surface area contributed by atoms with E-state index < -0.39 is 0 Å². The second kappa shape index (κ2) is 4.60. The number of allylic oxidation sites excluding steroid dienone is 1. The van der Waals surface area contributed by atoms with Crippen LogP contribution in [0.1, 0.15) is 0 Å². The third kappa shape index (κ3) is 1.46. The SMILES string of the molecule is C=C1Cn2c3ccccc3c3c4c[nH]c(O)c4c4c5ccccc5n(c4c32)C1. The lowest BCUT2D eigenvalue weighted by Gasteiger charge is -2.08. The van der Waals surface area contributed by atoms with E-state index >= 15 is 0 Å². The van der Waals surface area contributed by atoms with Gasteiger partial charge in [-0.25, -0.2) is 0 Å². The molecule has 4 heterocycles. The van der Waals surface area contributed by atoms with Gasteiger partial charge in [0, 0.05) is 57.3 Å². The van der Waals surface area contributed by atoms with Crippen LogP contribution in [0.3, 0.4) is 0 Å². The zero-order chi connectivity index (χ0) is 18.6. The first-order valence-corrected chi connectivity index (χ1v) is 9.54. The smallest absolute Gasteiger partial charge is 0.197 e. The molecule has 0 saturated heterocycles. The van der Waals surface area contributed by atoms with Gasteiger partial charge in [-0.05, 0) is 17.7 Å². The number of rotatable bonds is 0. The topological polar surface area (TPSA) is 45.9 Å². The molecule has 0 saturated carbocycles. The maximum atomic E-state index is 10.8. The van der Waals surface area contributed by atoms with Crippen LogP contribution in [0.15, 0.2) is 66.9 Å². The zero-order valence-electron chi connectivity index (χ0n) is 15.2. The molecule has 3 aromatic carbocycles. The average Bonchev–Trinajstić information content (AvgIpc) is 3.30. The lowest BCUT2D eigenvalue weighted by Crippen LogP contribution is -2.02. The number of aromatic nitrogens is 3. The maximum Gasteiger partial charge on any atom is 0.197 e. The molecule has 0 amide bonds. The van der Waals surface area contributed by atoms with E-state index in [1.54, 1.807) is 0 Å². The van der Waals surface area contributed by atoms with E-state index in [0.717, 1.165) is 29.2 Å². The molecule has 0 bridgehead atoms. The summed E-state index contributed by atoms with van der Waals surface area (Å²) in [5.41, 5.74) is 6.00. The Morgan fingerprint density at radius 1 is 0.750 bits per heavy atom. The minimum Gasteiger partial charge on any atom is -0.494 e. The molecule has 4 heteroatoms. The molecule has 134 valence electrons. The third-order valence-electron chi connectivity index (χ3n) is 6.31. The van der Waals surface area contributed by atoms with Gasteiger partial charge in [-0.2, -0.15) is 0 Å². The van der Waals surface area contributed by atoms with E-state index in [1.807, 2.05) is 6.20 Å². The molecular weight excluding hydrogens is 346 g/mol. The van der Waals surface area contributed by atoms with Gasteiger partial charge in [0.25, 0.3) is 0 Å². The number of benzene rings is 3. The van der Waals surface area contributed by atoms with E-state index in [1.165, 1.54) is 43.8 Å². The van der Waals surface area contributed by atoms with Crippen molar-refractivity contribution in [3.63, 3.8) is 0 Å². The Morgan fingerprint density at radius 2 is 1.32 bits per heavy atom. The van der Waals surface area contributed by atoms with E-state index in [4.69, 9.17) is 0 Å². The molecule has 3 aromatic heterocycles. The van der Waals surface area contributed by atoms with Crippen LogP contribution in [0.4, 0.5) is 0 Å². The highest BCUT2D eigenvalue weighted by Crippen LogP contribution is 2.48. The van der Waals surface area contributed by atoms with Crippen molar-refractivity contribution in [1.82, 2.24) is 14.1 Å². The number of aromatic hydroxyl groups is 1. The standard InChI is InChI=1S/C24H17N3O/c1-13-11-26-17-8-4-2-6-14(17)19-16-10-25-24(28)21(16)20-15-7-3-5-9-18(15)27(12-13)23(20)22(19)26/h2-10,25,28H,1,11-12H2. The normalized spacial score (nSPS) is 14.4. The monoisotopic (exact) mass is 363 g/mol. The lowest BCUT2D eigenvalue weighted by molar-refractivity contribution is 0.463. The zero-order valence-corrected chi connectivity index (χ0v) is 15.2. The predicted molar refractivity (Wildman–Crippen MR) is 115 cm³/mol. The van der Waals surface area contributed by atoms with Crippen molar-refractivity contribution in [2.75, 3.05) is 0 Å². The van der Waals surface area contributed by atoms with Crippen molar-refractivity contribution >= 4 is 54.4 Å². The number of nitrogens with zero attached hydrogens (tertiary/aromatic N) is 2. The largest absolute Gasteiger partial charge is 0.494 e. The van der Waals surface area contributed by atoms with Gasteiger partial charge >= 0.3 is 0 Å². The van der Waals surface area contributed by atoms with E-state index in [0.29, 0.717) is 0 Å². The Labute approximate surface area is 159 Å². The van der Waals surface area contributed by atoms with Gasteiger partial charge in [0.1, 0.15) is 0 Å². The van der Waals surface area contributed by atoms with Crippen LogP contribution in [0.25, 0.3) is 54.4 Å². The summed E-state index contributed by atoms with van der Waals surface area (Å²) >= 11 is 0. The van der Waals surface area contributed by atoms with Crippen molar-refractivity contribution in [3.05, 3.63) is 66.9 Å². The highest BCUT2D eigenvalue weighted by atomic mass is 16.3. The maximum absolute atomic E-state index is 10.8. The van der Waals surface area contributed by atoms with Gasteiger partial charge in [0.15, 0.2) is 5.88 Å². The second-order valence-electron chi connectivity index (χ2n) is 7.83. The van der Waals surface area contributed by atoms with Gasteiger partial charge in [-0.1, -0.05) is 43.0 Å². The number of para-hydroxylation sites is 2. The molecule has 1 aliphatic rings. The van der Waals surface area contributed by atoms with Gasteiger partial charge in [0.05, 0.1) is 16.4 Å². The molecule has 2 N–H and O–H groups in total. The number of aromatic amines is 1. The summed E-state index contributed by atoms with van der Waals surface area (Å²) in [5.74, 6) is 0.236. The van der Waals surface area contributed by atoms with Crippen molar-refractivity contribution < 1.29 is 5.11 Å². The molecule has 4 nitrogen and oxygen atoms in total. The fraction of sp³-hybridized carbons (Fsp3) is 0.0833. The highest BCUT2D eigenvalue weighted by molar-refractivity contribution is 6.36. The number of fused-ring (bicyclic) bond motifs is 9. The summed E-state index contributed by atoms with van der Waals surface area (Å²) < 4.78 is 4.78. The molecule has 28 heavy (non-hydrogen) atoms. The van der Waals surface area contributed by atoms with Gasteiger partial charge < -0.3 is 19.2 Å². The predicted octanol–water partition coefficient (Wildman–Crippen LogP) is 5.66. The van der Waals surface area contributed by atoms with Crippen LogP contribution in [0, 0.1) is 0 Å². The Hall–Kier alpha value is -3.66. The molecule has 0 atom stereocenters. The Morgan fingerprint density at radius 3 is 2.00 bits per heavy atom. The summed E-state index contributed by atoms with van der Waals surface area (Å²) in [6.45, 7) is 5.97. The lowest BCUT2D eigenvalue weighted by atomic mass is 10.0. The Kier molecular flexibility index (Phi) is 2.36. The van der Waals surface area contributed by atoms with Crippen molar-refractivity contribution in [2.24, 2.45) is 0 Å². The van der Waals surface area contributed by atoms with E-state index in [-0.39, 0.29) is 5.88 Å². The number of hydrogen-bond donors (Lipinski definition) is 2. The Bertz CT molecular complexity index is 1640. The molecular formula is C24H17N3O. The van der Waals surface area contributed by atoms with Crippen molar-refractivity contribution in [2.45, 2.75) is 13.1 Å². The summed E-state index contributed by atoms with van der Waals surface area (Å²) in [7, 11) is 0. The number of nitrogens with one attached hydrogen (secondary N) is 1. The molecule has 1 aliphatic heterocycles. The summed E-state index contributed by atoms with van der Waals surface area (Å²) in [6.07, 6.45) is 1.95. The number of H-pyrrole nitrogens is 1. The molecule has 0 radical (unpaired) electrons. The van der Waals surface area contributed by atoms with E-state index in [2.05, 4.69) is 69.2 Å². The third-order valence-corrected chi connectivity index (χ3v) is 6.31. The van der Waals surface area contributed by atoms with Crippen LogP contribution >= 0.6 is 0 Å². The Balaban J connectivity index is 1.98. The van der Waals surface area contributed by atoms with Crippen LogP contribution in [-0.2, 0) is 13.1 Å². The van der Waals surface area contributed by atoms with Crippen molar-refractivity contribution in [1.29, 1.82) is 0 Å². The van der Waals surface area contributed by atoms with Crippen molar-refractivity contribution in [3.8, 4) is 5.88 Å². The average molecular weight is 363 g/mol. The first-order chi connectivity index (χ1) is 13.7. The fourth-order valence-corrected chi connectivity index (χ4v) is 5.31. The highest BCUT2D eigenvalue weighted by Gasteiger charge is 2.27. The minimum absolute atomic E-state index is 0.236. The van der Waals surface area contributed by atoms with Gasteiger partial charge in [-0.3, -0.25) is 0 Å². The van der Waals surface area contributed by atoms with Gasteiger partial charge in [0.2, 0.25) is 0 Å². The first kappa shape index (κ1) is 14.4. The molecule has 6 aromatic rings. The van der Waals surface area contributed by atoms with E-state index in [9.17, 15) is 5.11 Å². The fourth-order valence-electron chi connectivity index (χ4n) is 5.31. The van der Waals surface area contributed by atoms with Crippen LogP contribution in [-0.4, -0.2) is 19.2 Å². The number of hydrogen-bond acceptors (Lipinski definition) is 1. The quantitative estimate of drug-likeness (QED) is 0.336. The van der Waals surface area contributed by atoms with Crippen LogP contribution in [0.2, 0.25) is 0 Å². The second-order valence-corrected chi connectivity index (χ2v) is 7.83. The summed E-state index contributed by atoms with van der Waals surface area (Å²) in [5, 5.41) is 17.5. The summed E-state index contributed by atoms with van der Waals surface area (Å²) in [6, 6.07) is 17.0. The molecule has 0 aliphatic carbocycles. The molecule has 0 fully saturated rings. The van der Waals surface area contributed by atoms with Crippen LogP contribution < -0.4 is 0 Å². The minimum atomic E-state index is 0.236. The van der Waals surface area contributed by atoms with Crippen LogP contribution in [0.5, 0.6) is 5.88 Å². The molecule has 7 rings (SSSR count). The molecule has 0 spiro atoms. The first-order valence-electron chi connectivity index (χ1n) is 9.54. The summed E-state index contributed by atoms with van der Waals surface area (Å²) in [4.78, 5) is 3.07. The molecule has 0 unspecified atom stereocenters. The van der Waals surface area contributed by atoms with Gasteiger partial charge in [-0.15, -0.1) is 0 Å².